The Bertz CT molecular complexity index is 1710. The van der Waals surface area contributed by atoms with Gasteiger partial charge in [0, 0.05) is 32.1 Å². The molecule has 6 rings (SSSR count). The van der Waals surface area contributed by atoms with Crippen LogP contribution in [0.3, 0.4) is 0 Å². The maximum Gasteiger partial charge on any atom is 0.416 e. The first kappa shape index (κ1) is 29.1. The topological polar surface area (TPSA) is 92.3 Å². The fourth-order valence-electron chi connectivity index (χ4n) is 5.32. The summed E-state index contributed by atoms with van der Waals surface area (Å²) in [4.78, 5) is 28.4. The quantitative estimate of drug-likeness (QED) is 0.272. The van der Waals surface area contributed by atoms with Gasteiger partial charge >= 0.3 is 18.4 Å². The zero-order valence-electron chi connectivity index (χ0n) is 22.6. The normalized spacial score (nSPS) is 17.0. The lowest BCUT2D eigenvalue weighted by atomic mass is 9.92. The van der Waals surface area contributed by atoms with Crippen LogP contribution in [0.15, 0.2) is 36.4 Å². The third kappa shape index (κ3) is 6.09. The monoisotopic (exact) mass is 622 g/mol. The number of nitrogens with zero attached hydrogens (tertiary/aromatic N) is 4. The number of hydrogen-bond acceptors (Lipinski definition) is 7. The molecule has 0 bridgehead atoms. The number of alkyl halides is 6. The lowest BCUT2D eigenvalue weighted by Crippen LogP contribution is -2.39. The number of nitrogens with one attached hydrogen (secondary N) is 2. The number of thiazole rings is 1. The van der Waals surface area contributed by atoms with Crippen LogP contribution in [0.4, 0.5) is 36.3 Å². The van der Waals surface area contributed by atoms with Gasteiger partial charge in [-0.2, -0.15) is 31.3 Å². The van der Waals surface area contributed by atoms with E-state index in [4.69, 9.17) is 4.74 Å². The molecular weight excluding hydrogens is 598 g/mol. The van der Waals surface area contributed by atoms with Crippen molar-refractivity contribution in [1.29, 1.82) is 0 Å². The van der Waals surface area contributed by atoms with Gasteiger partial charge in [0.25, 0.3) is 0 Å². The number of hydrogen-bond donors (Lipinski definition) is 2. The van der Waals surface area contributed by atoms with Gasteiger partial charge in [0.2, 0.25) is 5.88 Å². The molecule has 2 aliphatic heterocycles. The van der Waals surface area contributed by atoms with E-state index < -0.39 is 29.5 Å². The summed E-state index contributed by atoms with van der Waals surface area (Å²) in [5.74, 6) is 0.601. The van der Waals surface area contributed by atoms with Crippen molar-refractivity contribution in [3.05, 3.63) is 75.6 Å². The molecule has 2 aliphatic rings. The minimum absolute atomic E-state index is 0.152. The van der Waals surface area contributed by atoms with Crippen LogP contribution in [-0.2, 0) is 44.7 Å². The van der Waals surface area contributed by atoms with E-state index >= 15 is 0 Å². The number of aromatic nitrogens is 3. The van der Waals surface area contributed by atoms with Gasteiger partial charge in [-0.15, -0.1) is 0 Å². The van der Waals surface area contributed by atoms with Gasteiger partial charge in [0.05, 0.1) is 18.2 Å². The lowest BCUT2D eigenvalue weighted by Gasteiger charge is -2.29. The number of urea groups is 1. The molecule has 0 saturated carbocycles. The number of fused-ring (bicyclic) bond motifs is 3. The molecule has 0 saturated heterocycles. The number of carbonyl (C=O) groups is 1. The zero-order chi connectivity index (χ0) is 30.5. The van der Waals surface area contributed by atoms with E-state index in [1.807, 2.05) is 0 Å². The Kier molecular flexibility index (Phi) is 7.40. The van der Waals surface area contributed by atoms with Crippen molar-refractivity contribution in [3.8, 4) is 5.88 Å². The number of rotatable bonds is 4. The number of methoxy groups -OCH3 is 1. The molecule has 15 heteroatoms. The van der Waals surface area contributed by atoms with Gasteiger partial charge in [0.15, 0.2) is 15.5 Å². The molecule has 2 aromatic carbocycles. The predicted molar refractivity (Wildman–Crippen MR) is 146 cm³/mol. The Balaban J connectivity index is 1.15. The van der Waals surface area contributed by atoms with Crippen molar-refractivity contribution in [2.24, 2.45) is 0 Å². The fraction of sp³-hybridized carbons (Fsp3) is 0.357. The average molecular weight is 623 g/mol. The number of amides is 2. The fourth-order valence-corrected chi connectivity index (χ4v) is 6.16. The van der Waals surface area contributed by atoms with Gasteiger partial charge in [-0.25, -0.2) is 14.8 Å². The molecule has 1 unspecified atom stereocenters. The maximum absolute atomic E-state index is 13.2. The molecule has 2 amide bonds. The average Bonchev–Trinajstić information content (AvgIpc) is 3.37. The summed E-state index contributed by atoms with van der Waals surface area (Å²) >= 11 is 1.11. The first-order valence-electron chi connectivity index (χ1n) is 13.3. The van der Waals surface area contributed by atoms with Crippen LogP contribution in [-0.4, -0.2) is 45.6 Å². The van der Waals surface area contributed by atoms with Crippen molar-refractivity contribution in [3.63, 3.8) is 0 Å². The molecular formula is C28H24F6N6O2S. The van der Waals surface area contributed by atoms with E-state index in [0.29, 0.717) is 52.2 Å². The van der Waals surface area contributed by atoms with E-state index in [0.717, 1.165) is 35.1 Å². The number of anilines is 1. The van der Waals surface area contributed by atoms with Gasteiger partial charge in [-0.05, 0) is 59.4 Å². The standard InChI is InChI=1S/C28H24F6N6O2S/c1-42-23-22-24(37-21(36-23)11-20-10-17-9-19(28(32,33)34)4-2-15(17)12-35-20)43-25(38-22)39-26(41)40-7-6-14-8-18(27(29,30)31)5-3-16(14)13-40/h2-5,8-9,20,35H,6-7,10-13H2,1H3,(H,38,39,41). The molecule has 8 nitrogen and oxygen atoms in total. The van der Waals surface area contributed by atoms with Crippen LogP contribution in [0.2, 0.25) is 0 Å². The first-order chi connectivity index (χ1) is 20.4. The second-order valence-electron chi connectivity index (χ2n) is 10.4. The van der Waals surface area contributed by atoms with E-state index in [-0.39, 0.29) is 36.6 Å². The number of carbonyl (C=O) groups excluding carboxylic acids is 1. The molecule has 4 aromatic rings. The largest absolute Gasteiger partial charge is 0.479 e. The van der Waals surface area contributed by atoms with Crippen LogP contribution < -0.4 is 15.4 Å². The van der Waals surface area contributed by atoms with E-state index in [1.165, 1.54) is 30.2 Å². The van der Waals surface area contributed by atoms with Crippen LogP contribution in [0.5, 0.6) is 5.88 Å². The minimum atomic E-state index is -4.43. The summed E-state index contributed by atoms with van der Waals surface area (Å²) in [5.41, 5.74) is 1.57. The molecule has 0 radical (unpaired) electrons. The third-order valence-electron chi connectivity index (χ3n) is 7.52. The zero-order valence-corrected chi connectivity index (χ0v) is 23.4. The highest BCUT2D eigenvalue weighted by Gasteiger charge is 2.33. The number of halogens is 6. The van der Waals surface area contributed by atoms with Crippen molar-refractivity contribution in [2.45, 2.75) is 50.7 Å². The summed E-state index contributed by atoms with van der Waals surface area (Å²) in [6, 6.07) is 6.63. The summed E-state index contributed by atoms with van der Waals surface area (Å²) in [6.45, 7) is 0.804. The van der Waals surface area contributed by atoms with Crippen molar-refractivity contribution in [2.75, 3.05) is 19.0 Å². The molecule has 0 fully saturated rings. The molecule has 226 valence electrons. The Morgan fingerprint density at radius 2 is 1.70 bits per heavy atom. The minimum Gasteiger partial charge on any atom is -0.479 e. The van der Waals surface area contributed by atoms with Gasteiger partial charge < -0.3 is 15.0 Å². The molecule has 4 heterocycles. The Hall–Kier alpha value is -3.98. The van der Waals surface area contributed by atoms with Crippen LogP contribution in [0.25, 0.3) is 10.3 Å². The molecule has 0 spiro atoms. The molecule has 0 aliphatic carbocycles. The van der Waals surface area contributed by atoms with Crippen molar-refractivity contribution in [1.82, 2.24) is 25.2 Å². The second-order valence-corrected chi connectivity index (χ2v) is 11.3. The summed E-state index contributed by atoms with van der Waals surface area (Å²) < 4.78 is 84.2. The highest BCUT2D eigenvalue weighted by Crippen LogP contribution is 2.34. The Morgan fingerprint density at radius 1 is 1.00 bits per heavy atom. The summed E-state index contributed by atoms with van der Waals surface area (Å²) in [5, 5.41) is 6.30. The SMILES string of the molecule is COc1nc(CC2Cc3cc(C(F)(F)F)ccc3CN2)nc2sc(NC(=O)N3CCc4cc(C(F)(F)F)ccc4C3)nc12. The van der Waals surface area contributed by atoms with E-state index in [2.05, 4.69) is 25.6 Å². The van der Waals surface area contributed by atoms with Crippen molar-refractivity contribution >= 4 is 32.8 Å². The summed E-state index contributed by atoms with van der Waals surface area (Å²) in [6.07, 6.45) is -7.88. The highest BCUT2D eigenvalue weighted by atomic mass is 32.1. The van der Waals surface area contributed by atoms with E-state index in [1.54, 1.807) is 0 Å². The van der Waals surface area contributed by atoms with Crippen LogP contribution in [0.1, 0.15) is 39.2 Å². The predicted octanol–water partition coefficient (Wildman–Crippen LogP) is 5.98. The van der Waals surface area contributed by atoms with Gasteiger partial charge in [0.1, 0.15) is 5.82 Å². The third-order valence-corrected chi connectivity index (χ3v) is 8.39. The smallest absolute Gasteiger partial charge is 0.416 e. The van der Waals surface area contributed by atoms with Crippen LogP contribution in [0, 0.1) is 0 Å². The first-order valence-corrected chi connectivity index (χ1v) is 14.1. The molecule has 2 N–H and O–H groups in total. The molecule has 2 aromatic heterocycles. The van der Waals surface area contributed by atoms with Crippen LogP contribution >= 0.6 is 11.3 Å². The number of benzene rings is 2. The van der Waals surface area contributed by atoms with Gasteiger partial charge in [-0.1, -0.05) is 23.5 Å². The molecule has 43 heavy (non-hydrogen) atoms. The van der Waals surface area contributed by atoms with Gasteiger partial charge in [-0.3, -0.25) is 5.32 Å². The van der Waals surface area contributed by atoms with Crippen molar-refractivity contribution < 1.29 is 35.9 Å². The Labute approximate surface area is 245 Å². The highest BCUT2D eigenvalue weighted by molar-refractivity contribution is 7.22. The number of ether oxygens (including phenoxy) is 1. The Morgan fingerprint density at radius 3 is 2.40 bits per heavy atom. The molecule has 1 atom stereocenters. The maximum atomic E-state index is 13.2. The summed E-state index contributed by atoms with van der Waals surface area (Å²) in [7, 11) is 1.42. The lowest BCUT2D eigenvalue weighted by molar-refractivity contribution is -0.138. The second kappa shape index (κ2) is 10.9. The van der Waals surface area contributed by atoms with E-state index in [9.17, 15) is 31.1 Å².